The van der Waals surface area contributed by atoms with Crippen LogP contribution in [0.2, 0.25) is 0 Å². The summed E-state index contributed by atoms with van der Waals surface area (Å²) in [5, 5.41) is 12.1. The van der Waals surface area contributed by atoms with Crippen molar-refractivity contribution in [2.24, 2.45) is 0 Å². The summed E-state index contributed by atoms with van der Waals surface area (Å²) in [6.45, 7) is 0. The molecule has 4 aromatic rings. The number of hydrogen-bond acceptors (Lipinski definition) is 4. The number of aromatic amines is 1. The van der Waals surface area contributed by atoms with Crippen LogP contribution in [0.4, 0.5) is 5.69 Å². The van der Waals surface area contributed by atoms with Gasteiger partial charge in [-0.1, -0.05) is 36.4 Å². The zero-order chi connectivity index (χ0) is 19.0. The molecule has 1 heterocycles. The Balaban J connectivity index is 2.07. The number of non-ortho nitro benzene ring substituents is 1. The van der Waals surface area contributed by atoms with Crippen LogP contribution >= 0.6 is 0 Å². The summed E-state index contributed by atoms with van der Waals surface area (Å²) in [4.78, 5) is 27.2. The first kappa shape index (κ1) is 16.8. The molecule has 0 bridgehead atoms. The fourth-order valence-corrected chi connectivity index (χ4v) is 3.44. The van der Waals surface area contributed by atoms with E-state index in [2.05, 4.69) is 4.98 Å². The molecule has 0 aliphatic carbocycles. The molecule has 0 aliphatic heterocycles. The van der Waals surface area contributed by atoms with Crippen LogP contribution in [-0.4, -0.2) is 17.0 Å². The van der Waals surface area contributed by atoms with Crippen LogP contribution in [-0.2, 0) is 6.42 Å². The van der Waals surface area contributed by atoms with Gasteiger partial charge in [-0.15, -0.1) is 0 Å². The summed E-state index contributed by atoms with van der Waals surface area (Å²) in [6, 6.07) is 17.8. The molecule has 0 saturated carbocycles. The van der Waals surface area contributed by atoms with Crippen LogP contribution in [0.5, 0.6) is 5.75 Å². The molecule has 0 unspecified atom stereocenters. The van der Waals surface area contributed by atoms with Crippen molar-refractivity contribution < 1.29 is 9.66 Å². The Morgan fingerprint density at radius 2 is 1.81 bits per heavy atom. The van der Waals surface area contributed by atoms with Crippen molar-refractivity contribution in [3.63, 3.8) is 0 Å². The first-order valence-electron chi connectivity index (χ1n) is 8.43. The molecule has 0 aliphatic rings. The number of rotatable bonds is 4. The van der Waals surface area contributed by atoms with E-state index in [1.54, 1.807) is 25.3 Å². The number of fused-ring (bicyclic) bond motifs is 2. The normalized spacial score (nSPS) is 11.0. The summed E-state index contributed by atoms with van der Waals surface area (Å²) in [5.74, 6) is 0.613. The predicted molar refractivity (Wildman–Crippen MR) is 105 cm³/mol. The average Bonchev–Trinajstić information content (AvgIpc) is 2.68. The van der Waals surface area contributed by atoms with Gasteiger partial charge in [0, 0.05) is 18.1 Å². The molecule has 1 N–H and O–H groups in total. The molecule has 27 heavy (non-hydrogen) atoms. The van der Waals surface area contributed by atoms with Gasteiger partial charge < -0.3 is 9.72 Å². The highest BCUT2D eigenvalue weighted by molar-refractivity contribution is 5.98. The Hall–Kier alpha value is -3.67. The van der Waals surface area contributed by atoms with Gasteiger partial charge in [0.15, 0.2) is 5.43 Å². The zero-order valence-corrected chi connectivity index (χ0v) is 14.6. The maximum atomic E-state index is 13.2. The van der Waals surface area contributed by atoms with Crippen molar-refractivity contribution >= 4 is 27.5 Å². The number of nitro groups is 1. The van der Waals surface area contributed by atoms with Crippen molar-refractivity contribution in [1.82, 2.24) is 4.98 Å². The third kappa shape index (κ3) is 2.81. The van der Waals surface area contributed by atoms with Crippen molar-refractivity contribution in [3.05, 3.63) is 92.1 Å². The number of nitrogens with one attached hydrogen (secondary N) is 1. The minimum absolute atomic E-state index is 0.119. The molecule has 0 amide bonds. The quantitative estimate of drug-likeness (QED) is 0.336. The number of nitrogens with zero attached hydrogens (tertiary/aromatic N) is 1. The van der Waals surface area contributed by atoms with E-state index in [0.29, 0.717) is 28.5 Å². The van der Waals surface area contributed by atoms with Gasteiger partial charge >= 0.3 is 0 Å². The standard InChI is InChI=1S/C21H16N2O4/c1-27-18-11-10-16-19(15(18)12-13-6-3-2-4-7-13)21(24)14-8-5-9-17(23(25)26)20(14)22-16/h2-11H,12H2,1H3,(H,22,24). The zero-order valence-electron chi connectivity index (χ0n) is 14.6. The van der Waals surface area contributed by atoms with E-state index in [1.165, 1.54) is 12.1 Å². The lowest BCUT2D eigenvalue weighted by atomic mass is 9.97. The molecule has 0 atom stereocenters. The van der Waals surface area contributed by atoms with Crippen LogP contribution in [0.3, 0.4) is 0 Å². The molecule has 4 rings (SSSR count). The van der Waals surface area contributed by atoms with Crippen molar-refractivity contribution in [1.29, 1.82) is 0 Å². The SMILES string of the molecule is COc1ccc2[nH]c3c([N+](=O)[O-])cccc3c(=O)c2c1Cc1ccccc1. The minimum Gasteiger partial charge on any atom is -0.496 e. The van der Waals surface area contributed by atoms with Crippen molar-refractivity contribution in [2.45, 2.75) is 6.42 Å². The summed E-state index contributed by atoms with van der Waals surface area (Å²) >= 11 is 0. The predicted octanol–water partition coefficient (Wildman–Crippen LogP) is 4.19. The summed E-state index contributed by atoms with van der Waals surface area (Å²) in [5.41, 5.74) is 2.22. The van der Waals surface area contributed by atoms with Crippen LogP contribution < -0.4 is 10.2 Å². The van der Waals surface area contributed by atoms with E-state index in [0.717, 1.165) is 11.1 Å². The summed E-state index contributed by atoms with van der Waals surface area (Å²) in [6.07, 6.45) is 0.519. The van der Waals surface area contributed by atoms with Gasteiger partial charge in [0.05, 0.1) is 28.3 Å². The molecular weight excluding hydrogens is 344 g/mol. The number of benzene rings is 3. The van der Waals surface area contributed by atoms with Crippen LogP contribution in [0.1, 0.15) is 11.1 Å². The van der Waals surface area contributed by atoms with Crippen molar-refractivity contribution in [3.8, 4) is 5.75 Å². The molecule has 3 aromatic carbocycles. The van der Waals surface area contributed by atoms with Gasteiger partial charge in [-0.05, 0) is 23.8 Å². The first-order chi connectivity index (χ1) is 13.1. The van der Waals surface area contributed by atoms with Gasteiger partial charge in [0.2, 0.25) is 0 Å². The maximum Gasteiger partial charge on any atom is 0.293 e. The second-order valence-electron chi connectivity index (χ2n) is 6.24. The Bertz CT molecular complexity index is 1230. The second kappa shape index (κ2) is 6.57. The first-order valence-corrected chi connectivity index (χ1v) is 8.43. The average molecular weight is 360 g/mol. The highest BCUT2D eigenvalue weighted by Gasteiger charge is 2.19. The van der Waals surface area contributed by atoms with E-state index in [4.69, 9.17) is 4.74 Å². The van der Waals surface area contributed by atoms with Gasteiger partial charge in [-0.2, -0.15) is 0 Å². The lowest BCUT2D eigenvalue weighted by molar-refractivity contribution is -0.383. The third-order valence-electron chi connectivity index (χ3n) is 4.68. The molecule has 0 spiro atoms. The largest absolute Gasteiger partial charge is 0.496 e. The Labute approximate surface area is 154 Å². The van der Waals surface area contributed by atoms with Crippen LogP contribution in [0.25, 0.3) is 21.8 Å². The molecule has 1 aromatic heterocycles. The van der Waals surface area contributed by atoms with E-state index in [9.17, 15) is 14.9 Å². The van der Waals surface area contributed by atoms with Crippen LogP contribution in [0, 0.1) is 10.1 Å². The lowest BCUT2D eigenvalue weighted by Crippen LogP contribution is -2.09. The molecule has 0 saturated heterocycles. The third-order valence-corrected chi connectivity index (χ3v) is 4.68. The molecule has 134 valence electrons. The fraction of sp³-hybridized carbons (Fsp3) is 0.0952. The van der Waals surface area contributed by atoms with Crippen molar-refractivity contribution in [2.75, 3.05) is 7.11 Å². The summed E-state index contributed by atoms with van der Waals surface area (Å²) < 4.78 is 5.49. The highest BCUT2D eigenvalue weighted by Crippen LogP contribution is 2.30. The molecule has 6 nitrogen and oxygen atoms in total. The Morgan fingerprint density at radius 1 is 1.04 bits per heavy atom. The van der Waals surface area contributed by atoms with Gasteiger partial charge in [-0.25, -0.2) is 0 Å². The number of methoxy groups -OCH3 is 1. The molecule has 0 radical (unpaired) electrons. The van der Waals surface area contributed by atoms with Gasteiger partial charge in [0.25, 0.3) is 5.69 Å². The number of ether oxygens (including phenoxy) is 1. The number of hydrogen-bond donors (Lipinski definition) is 1. The molecule has 0 fully saturated rings. The topological polar surface area (TPSA) is 85.2 Å². The number of para-hydroxylation sites is 1. The smallest absolute Gasteiger partial charge is 0.293 e. The van der Waals surface area contributed by atoms with E-state index >= 15 is 0 Å². The van der Waals surface area contributed by atoms with Crippen LogP contribution in [0.15, 0.2) is 65.5 Å². The fourth-order valence-electron chi connectivity index (χ4n) is 3.44. The maximum absolute atomic E-state index is 13.2. The Kier molecular flexibility index (Phi) is 4.08. The van der Waals surface area contributed by atoms with Gasteiger partial charge in [0.1, 0.15) is 11.3 Å². The summed E-state index contributed by atoms with van der Waals surface area (Å²) in [7, 11) is 1.57. The van der Waals surface area contributed by atoms with E-state index in [1.807, 2.05) is 30.3 Å². The molecular formula is C21H16N2O4. The number of H-pyrrole nitrogens is 1. The second-order valence-corrected chi connectivity index (χ2v) is 6.24. The minimum atomic E-state index is -0.488. The van der Waals surface area contributed by atoms with E-state index < -0.39 is 4.92 Å². The highest BCUT2D eigenvalue weighted by atomic mass is 16.6. The number of aromatic nitrogens is 1. The number of nitro benzene ring substituents is 1. The number of pyridine rings is 1. The lowest BCUT2D eigenvalue weighted by Gasteiger charge is -2.13. The monoisotopic (exact) mass is 360 g/mol. The van der Waals surface area contributed by atoms with Gasteiger partial charge in [-0.3, -0.25) is 14.9 Å². The molecule has 6 heteroatoms. The van der Waals surface area contributed by atoms with E-state index in [-0.39, 0.29) is 16.6 Å². The Morgan fingerprint density at radius 3 is 2.52 bits per heavy atom.